The number of hydrogen-bond donors (Lipinski definition) is 0. The van der Waals surface area contributed by atoms with Crippen molar-refractivity contribution in [2.45, 2.75) is 27.2 Å². The lowest BCUT2D eigenvalue weighted by Crippen LogP contribution is -1.99. The van der Waals surface area contributed by atoms with Crippen LogP contribution < -0.4 is 0 Å². The van der Waals surface area contributed by atoms with Gasteiger partial charge in [-0.25, -0.2) is 0 Å². The molecule has 0 unspecified atom stereocenters. The first-order valence-electron chi connectivity index (χ1n) is 3.45. The van der Waals surface area contributed by atoms with Crippen LogP contribution in [-0.2, 0) is 4.74 Å². The Morgan fingerprint density at radius 2 is 2.11 bits per heavy atom. The van der Waals surface area contributed by atoms with E-state index in [0.717, 1.165) is 25.5 Å². The van der Waals surface area contributed by atoms with Gasteiger partial charge in [-0.05, 0) is 13.3 Å². The van der Waals surface area contributed by atoms with E-state index in [-0.39, 0.29) is 0 Å². The molecule has 0 rings (SSSR count). The summed E-state index contributed by atoms with van der Waals surface area (Å²) in [7, 11) is 0. The van der Waals surface area contributed by atoms with E-state index >= 15 is 0 Å². The van der Waals surface area contributed by atoms with Gasteiger partial charge >= 0.3 is 0 Å². The third kappa shape index (κ3) is 5.34. The highest BCUT2D eigenvalue weighted by atomic mass is 16.5. The normalized spacial score (nSPS) is 11.7. The van der Waals surface area contributed by atoms with Crippen molar-refractivity contribution in [2.24, 2.45) is 4.99 Å². The zero-order chi connectivity index (χ0) is 7.11. The number of nitrogens with zero attached hydrogens (tertiary/aromatic N) is 1. The summed E-state index contributed by atoms with van der Waals surface area (Å²) in [6, 6.07) is 0. The van der Waals surface area contributed by atoms with Crippen molar-refractivity contribution in [1.82, 2.24) is 0 Å². The Kier molecular flexibility index (Phi) is 5.27. The van der Waals surface area contributed by atoms with Crippen LogP contribution in [-0.4, -0.2) is 19.0 Å². The summed E-state index contributed by atoms with van der Waals surface area (Å²) in [5.74, 6) is 0.805. The molecule has 0 aliphatic heterocycles. The molecule has 0 amide bonds. The van der Waals surface area contributed by atoms with Crippen LogP contribution in [0, 0.1) is 0 Å². The number of hydrogen-bond acceptors (Lipinski definition) is 2. The van der Waals surface area contributed by atoms with Crippen LogP contribution in [0.5, 0.6) is 0 Å². The molecule has 0 spiro atoms. The fraction of sp³-hybridized carbons (Fsp3) is 0.857. The fourth-order valence-electron chi connectivity index (χ4n) is 0.524. The van der Waals surface area contributed by atoms with Crippen LogP contribution >= 0.6 is 0 Å². The van der Waals surface area contributed by atoms with E-state index in [9.17, 15) is 0 Å². The summed E-state index contributed by atoms with van der Waals surface area (Å²) in [6.07, 6.45) is 1.09. The van der Waals surface area contributed by atoms with E-state index in [1.165, 1.54) is 0 Å². The van der Waals surface area contributed by atoms with Gasteiger partial charge in [-0.2, -0.15) is 0 Å². The molecular weight excluding hydrogens is 114 g/mol. The van der Waals surface area contributed by atoms with Gasteiger partial charge in [0.15, 0.2) is 5.90 Å². The summed E-state index contributed by atoms with van der Waals surface area (Å²) in [5.41, 5.74) is 0. The summed E-state index contributed by atoms with van der Waals surface area (Å²) >= 11 is 0. The molecular formula is C7H15NO. The zero-order valence-corrected chi connectivity index (χ0v) is 6.48. The first kappa shape index (κ1) is 8.47. The van der Waals surface area contributed by atoms with Gasteiger partial charge in [-0.15, -0.1) is 0 Å². The largest absolute Gasteiger partial charge is 0.481 e. The predicted molar refractivity (Wildman–Crippen MR) is 39.9 cm³/mol. The molecule has 9 heavy (non-hydrogen) atoms. The molecule has 2 nitrogen and oxygen atoms in total. The Morgan fingerprint density at radius 3 is 2.56 bits per heavy atom. The summed E-state index contributed by atoms with van der Waals surface area (Å²) < 4.78 is 5.09. The third-order valence-electron chi connectivity index (χ3n) is 0.911. The van der Waals surface area contributed by atoms with E-state index in [4.69, 9.17) is 4.74 Å². The highest BCUT2D eigenvalue weighted by Gasteiger charge is 1.84. The standard InChI is InChI=1S/C7H15NO/c1-4-6-8-7(3)9-5-2/h4-6H2,1-3H3. The lowest BCUT2D eigenvalue weighted by atomic mass is 10.5. The topological polar surface area (TPSA) is 21.6 Å². The molecule has 0 aliphatic carbocycles. The van der Waals surface area contributed by atoms with Crippen LogP contribution in [0.25, 0.3) is 0 Å². The number of ether oxygens (including phenoxy) is 1. The molecule has 0 radical (unpaired) electrons. The van der Waals surface area contributed by atoms with Gasteiger partial charge in [0.1, 0.15) is 0 Å². The molecule has 54 valence electrons. The second-order valence-corrected chi connectivity index (χ2v) is 1.83. The average Bonchev–Trinajstić information content (AvgIpc) is 1.85. The van der Waals surface area contributed by atoms with Gasteiger partial charge in [0.2, 0.25) is 0 Å². The Balaban J connectivity index is 3.30. The monoisotopic (exact) mass is 129 g/mol. The molecule has 0 aromatic carbocycles. The number of aliphatic imine (C=N–C) groups is 1. The second kappa shape index (κ2) is 5.60. The van der Waals surface area contributed by atoms with Gasteiger partial charge in [0.05, 0.1) is 6.61 Å². The molecule has 0 N–H and O–H groups in total. The molecule has 0 atom stereocenters. The SMILES string of the molecule is CCCN=C(C)OCC. The molecule has 0 bridgehead atoms. The Hall–Kier alpha value is -0.530. The zero-order valence-electron chi connectivity index (χ0n) is 6.48. The maximum Gasteiger partial charge on any atom is 0.179 e. The van der Waals surface area contributed by atoms with E-state index in [0.29, 0.717) is 0 Å². The van der Waals surface area contributed by atoms with Crippen molar-refractivity contribution in [3.05, 3.63) is 0 Å². The Labute approximate surface area is 56.9 Å². The molecule has 0 fully saturated rings. The van der Waals surface area contributed by atoms with Gasteiger partial charge in [0, 0.05) is 13.5 Å². The second-order valence-electron chi connectivity index (χ2n) is 1.83. The van der Waals surface area contributed by atoms with Crippen LogP contribution in [0.4, 0.5) is 0 Å². The van der Waals surface area contributed by atoms with Gasteiger partial charge in [0.25, 0.3) is 0 Å². The van der Waals surface area contributed by atoms with Crippen molar-refractivity contribution >= 4 is 5.90 Å². The molecule has 0 aliphatic rings. The van der Waals surface area contributed by atoms with Crippen molar-refractivity contribution in [3.63, 3.8) is 0 Å². The quantitative estimate of drug-likeness (QED) is 0.421. The minimum atomic E-state index is 0.721. The Morgan fingerprint density at radius 1 is 1.44 bits per heavy atom. The van der Waals surface area contributed by atoms with Crippen LogP contribution in [0.15, 0.2) is 4.99 Å². The molecule has 2 heteroatoms. The molecule has 0 saturated heterocycles. The molecule has 0 saturated carbocycles. The van der Waals surface area contributed by atoms with Gasteiger partial charge in [-0.3, -0.25) is 4.99 Å². The van der Waals surface area contributed by atoms with Crippen molar-refractivity contribution in [3.8, 4) is 0 Å². The maximum atomic E-state index is 5.09. The smallest absolute Gasteiger partial charge is 0.179 e. The highest BCUT2D eigenvalue weighted by molar-refractivity contribution is 5.72. The van der Waals surface area contributed by atoms with Crippen LogP contribution in [0.1, 0.15) is 27.2 Å². The van der Waals surface area contributed by atoms with E-state index in [1.807, 2.05) is 13.8 Å². The van der Waals surface area contributed by atoms with E-state index < -0.39 is 0 Å². The first-order valence-corrected chi connectivity index (χ1v) is 3.45. The minimum Gasteiger partial charge on any atom is -0.481 e. The molecule has 0 aromatic heterocycles. The molecule has 0 aromatic rings. The average molecular weight is 129 g/mol. The number of rotatable bonds is 3. The van der Waals surface area contributed by atoms with E-state index in [2.05, 4.69) is 11.9 Å². The molecule has 0 heterocycles. The predicted octanol–water partition coefficient (Wildman–Crippen LogP) is 1.85. The third-order valence-corrected chi connectivity index (χ3v) is 0.911. The lowest BCUT2D eigenvalue weighted by molar-refractivity contribution is 0.323. The highest BCUT2D eigenvalue weighted by Crippen LogP contribution is 1.83. The lowest BCUT2D eigenvalue weighted by Gasteiger charge is -1.99. The summed E-state index contributed by atoms with van der Waals surface area (Å²) in [6.45, 7) is 7.55. The summed E-state index contributed by atoms with van der Waals surface area (Å²) in [5, 5.41) is 0. The van der Waals surface area contributed by atoms with E-state index in [1.54, 1.807) is 0 Å². The summed E-state index contributed by atoms with van der Waals surface area (Å²) in [4.78, 5) is 4.13. The maximum absolute atomic E-state index is 5.09. The fourth-order valence-corrected chi connectivity index (χ4v) is 0.524. The Bertz CT molecular complexity index is 88.9. The first-order chi connectivity index (χ1) is 4.31. The van der Waals surface area contributed by atoms with Crippen LogP contribution in [0.2, 0.25) is 0 Å². The van der Waals surface area contributed by atoms with Crippen LogP contribution in [0.3, 0.4) is 0 Å². The van der Waals surface area contributed by atoms with Gasteiger partial charge < -0.3 is 4.74 Å². The van der Waals surface area contributed by atoms with Gasteiger partial charge in [-0.1, -0.05) is 6.92 Å². The van der Waals surface area contributed by atoms with Crippen molar-refractivity contribution < 1.29 is 4.74 Å². The van der Waals surface area contributed by atoms with Crippen molar-refractivity contribution in [1.29, 1.82) is 0 Å². The van der Waals surface area contributed by atoms with Crippen molar-refractivity contribution in [2.75, 3.05) is 13.2 Å². The minimum absolute atomic E-state index is 0.721.